The van der Waals surface area contributed by atoms with Crippen LogP contribution in [0.2, 0.25) is 0 Å². The van der Waals surface area contributed by atoms with Gasteiger partial charge in [-0.15, -0.1) is 0 Å². The number of aryl methyl sites for hydroxylation is 1. The van der Waals surface area contributed by atoms with Crippen LogP contribution < -0.4 is 0 Å². The van der Waals surface area contributed by atoms with Crippen molar-refractivity contribution < 1.29 is 17.6 Å². The molecular weight excluding hydrogens is 346 g/mol. The first-order valence-electron chi connectivity index (χ1n) is 6.43. The van der Waals surface area contributed by atoms with Gasteiger partial charge in [0.25, 0.3) is 5.91 Å². The highest BCUT2D eigenvalue weighted by molar-refractivity contribution is 9.10. The standard InChI is InChI=1S/C13H18BrNO4S/c1-8-7-11(14)19-12(8)13(16)15(2)9-5-4-6-10(9)20(3,17)18/h7,9-10H,4-6H2,1-3H3/t9-,10+/m1/s1. The van der Waals surface area contributed by atoms with E-state index in [0.717, 1.165) is 12.0 Å². The van der Waals surface area contributed by atoms with E-state index >= 15 is 0 Å². The lowest BCUT2D eigenvalue weighted by Gasteiger charge is -2.28. The molecule has 0 unspecified atom stereocenters. The molecule has 1 amide bonds. The number of amides is 1. The molecule has 7 heteroatoms. The van der Waals surface area contributed by atoms with Crippen LogP contribution in [-0.4, -0.2) is 43.8 Å². The Morgan fingerprint density at radius 1 is 1.45 bits per heavy atom. The number of nitrogens with zero attached hydrogens (tertiary/aromatic N) is 1. The largest absolute Gasteiger partial charge is 0.444 e. The molecule has 0 N–H and O–H groups in total. The van der Waals surface area contributed by atoms with E-state index in [-0.39, 0.29) is 17.7 Å². The predicted octanol–water partition coefficient (Wildman–Crippen LogP) is 2.39. The summed E-state index contributed by atoms with van der Waals surface area (Å²) in [7, 11) is -1.51. The van der Waals surface area contributed by atoms with E-state index in [1.165, 1.54) is 11.2 Å². The minimum Gasteiger partial charge on any atom is -0.444 e. The molecule has 1 fully saturated rings. The Hall–Kier alpha value is -0.820. The van der Waals surface area contributed by atoms with E-state index in [0.29, 0.717) is 17.5 Å². The lowest BCUT2D eigenvalue weighted by atomic mass is 10.2. The fourth-order valence-electron chi connectivity index (χ4n) is 2.82. The molecule has 0 saturated heterocycles. The summed E-state index contributed by atoms with van der Waals surface area (Å²) in [4.78, 5) is 14.0. The second-order valence-corrected chi connectivity index (χ2v) is 8.39. The summed E-state index contributed by atoms with van der Waals surface area (Å²) in [6, 6.07) is 1.45. The maximum atomic E-state index is 12.5. The molecule has 20 heavy (non-hydrogen) atoms. The molecule has 1 aromatic rings. The zero-order valence-electron chi connectivity index (χ0n) is 11.7. The van der Waals surface area contributed by atoms with Crippen molar-refractivity contribution in [1.82, 2.24) is 4.90 Å². The minimum atomic E-state index is -3.15. The second-order valence-electron chi connectivity index (χ2n) is 5.34. The highest BCUT2D eigenvalue weighted by Crippen LogP contribution is 2.30. The van der Waals surface area contributed by atoms with Crippen molar-refractivity contribution in [1.29, 1.82) is 0 Å². The van der Waals surface area contributed by atoms with Gasteiger partial charge in [0.1, 0.15) is 0 Å². The fraction of sp³-hybridized carbons (Fsp3) is 0.615. The van der Waals surface area contributed by atoms with Gasteiger partial charge in [0.2, 0.25) is 0 Å². The van der Waals surface area contributed by atoms with Crippen molar-refractivity contribution in [3.05, 3.63) is 22.1 Å². The van der Waals surface area contributed by atoms with Crippen LogP contribution in [0.3, 0.4) is 0 Å². The van der Waals surface area contributed by atoms with E-state index in [4.69, 9.17) is 4.42 Å². The average molecular weight is 364 g/mol. The number of rotatable bonds is 3. The number of hydrogen-bond acceptors (Lipinski definition) is 4. The SMILES string of the molecule is Cc1cc(Br)oc1C(=O)N(C)[C@@H]1CCC[C@@H]1S(C)(=O)=O. The van der Waals surface area contributed by atoms with E-state index in [1.807, 2.05) is 0 Å². The number of sulfone groups is 1. The molecule has 0 aliphatic heterocycles. The van der Waals surface area contributed by atoms with Gasteiger partial charge in [-0.1, -0.05) is 0 Å². The normalized spacial score (nSPS) is 23.0. The fourth-order valence-corrected chi connectivity index (χ4v) is 4.80. The topological polar surface area (TPSA) is 67.6 Å². The molecule has 1 aliphatic rings. The molecule has 112 valence electrons. The highest BCUT2D eigenvalue weighted by Gasteiger charge is 2.39. The summed E-state index contributed by atoms with van der Waals surface area (Å²) < 4.78 is 29.5. The summed E-state index contributed by atoms with van der Waals surface area (Å²) in [5, 5.41) is -0.477. The van der Waals surface area contributed by atoms with Gasteiger partial charge in [0.15, 0.2) is 20.3 Å². The highest BCUT2D eigenvalue weighted by atomic mass is 79.9. The summed E-state index contributed by atoms with van der Waals surface area (Å²) in [5.74, 6) is -0.00715. The van der Waals surface area contributed by atoms with Gasteiger partial charge in [-0.3, -0.25) is 4.79 Å². The second kappa shape index (κ2) is 5.52. The Labute approximate surface area is 127 Å². The zero-order chi connectivity index (χ0) is 15.1. The van der Waals surface area contributed by atoms with Crippen LogP contribution in [-0.2, 0) is 9.84 Å². The molecule has 5 nitrogen and oxygen atoms in total. The summed E-state index contributed by atoms with van der Waals surface area (Å²) in [5.41, 5.74) is 0.739. The lowest BCUT2D eigenvalue weighted by molar-refractivity contribution is 0.0702. The van der Waals surface area contributed by atoms with E-state index in [9.17, 15) is 13.2 Å². The maximum absolute atomic E-state index is 12.5. The van der Waals surface area contributed by atoms with Gasteiger partial charge < -0.3 is 9.32 Å². The van der Waals surface area contributed by atoms with Crippen LogP contribution >= 0.6 is 15.9 Å². The Kier molecular flexibility index (Phi) is 4.30. The Bertz CT molecular complexity index is 622. The third-order valence-electron chi connectivity index (χ3n) is 3.87. The first kappa shape index (κ1) is 15.6. The van der Waals surface area contributed by atoms with Gasteiger partial charge in [-0.2, -0.15) is 0 Å². The average Bonchev–Trinajstić information content (AvgIpc) is 2.93. The van der Waals surface area contributed by atoms with Crippen molar-refractivity contribution in [2.45, 2.75) is 37.5 Å². The number of furan rings is 1. The minimum absolute atomic E-state index is 0.263. The monoisotopic (exact) mass is 363 g/mol. The van der Waals surface area contributed by atoms with Gasteiger partial charge in [0.05, 0.1) is 5.25 Å². The van der Waals surface area contributed by atoms with Crippen LogP contribution in [0.15, 0.2) is 15.2 Å². The van der Waals surface area contributed by atoms with Crippen LogP contribution in [0.25, 0.3) is 0 Å². The summed E-state index contributed by atoms with van der Waals surface area (Å²) in [6.45, 7) is 1.79. The Morgan fingerprint density at radius 2 is 2.10 bits per heavy atom. The lowest BCUT2D eigenvalue weighted by Crippen LogP contribution is -2.44. The first-order chi connectivity index (χ1) is 9.21. The molecule has 2 atom stereocenters. The van der Waals surface area contributed by atoms with Gasteiger partial charge in [-0.25, -0.2) is 8.42 Å². The Morgan fingerprint density at radius 3 is 2.60 bits per heavy atom. The zero-order valence-corrected chi connectivity index (χ0v) is 14.1. The molecule has 0 bridgehead atoms. The van der Waals surface area contributed by atoms with Gasteiger partial charge in [0, 0.05) is 24.9 Å². The molecule has 1 aromatic heterocycles. The van der Waals surface area contributed by atoms with Gasteiger partial charge in [-0.05, 0) is 48.2 Å². The van der Waals surface area contributed by atoms with Crippen molar-refractivity contribution in [3.8, 4) is 0 Å². The number of carbonyl (C=O) groups is 1. The molecule has 0 spiro atoms. The van der Waals surface area contributed by atoms with E-state index in [1.54, 1.807) is 20.0 Å². The van der Waals surface area contributed by atoms with E-state index < -0.39 is 15.1 Å². The third kappa shape index (κ3) is 2.93. The molecule has 2 rings (SSSR count). The smallest absolute Gasteiger partial charge is 0.289 e. The van der Waals surface area contributed by atoms with Crippen molar-refractivity contribution in [3.63, 3.8) is 0 Å². The first-order valence-corrected chi connectivity index (χ1v) is 9.18. The molecule has 0 radical (unpaired) electrons. The third-order valence-corrected chi connectivity index (χ3v) is 5.91. The maximum Gasteiger partial charge on any atom is 0.289 e. The molecule has 0 aromatic carbocycles. The van der Waals surface area contributed by atoms with Crippen LogP contribution in [0.5, 0.6) is 0 Å². The molecule has 1 heterocycles. The predicted molar refractivity (Wildman–Crippen MR) is 79.5 cm³/mol. The molecular formula is C13H18BrNO4S. The number of halogens is 1. The quantitative estimate of drug-likeness (QED) is 0.826. The van der Waals surface area contributed by atoms with Crippen LogP contribution in [0.1, 0.15) is 35.4 Å². The summed E-state index contributed by atoms with van der Waals surface area (Å²) >= 11 is 3.19. The van der Waals surface area contributed by atoms with Crippen LogP contribution in [0.4, 0.5) is 0 Å². The van der Waals surface area contributed by atoms with Crippen molar-refractivity contribution >= 4 is 31.7 Å². The van der Waals surface area contributed by atoms with Gasteiger partial charge >= 0.3 is 0 Å². The Balaban J connectivity index is 2.25. The summed E-state index contributed by atoms with van der Waals surface area (Å²) in [6.07, 6.45) is 3.38. The van der Waals surface area contributed by atoms with E-state index in [2.05, 4.69) is 15.9 Å². The molecule has 1 aliphatic carbocycles. The van der Waals surface area contributed by atoms with Crippen LogP contribution in [0, 0.1) is 6.92 Å². The number of carbonyl (C=O) groups excluding carboxylic acids is 1. The van der Waals surface area contributed by atoms with Crippen molar-refractivity contribution in [2.24, 2.45) is 0 Å². The number of hydrogen-bond donors (Lipinski definition) is 0. The van der Waals surface area contributed by atoms with Crippen molar-refractivity contribution in [2.75, 3.05) is 13.3 Å². The molecule has 1 saturated carbocycles.